The third-order valence-corrected chi connectivity index (χ3v) is 5.40. The Bertz CT molecular complexity index is 247. The molecule has 0 saturated carbocycles. The van der Waals surface area contributed by atoms with Crippen LogP contribution in [0, 0.1) is 0 Å². The minimum atomic E-state index is 0.420. The second kappa shape index (κ2) is 5.27. The van der Waals surface area contributed by atoms with Gasteiger partial charge in [-0.05, 0) is 46.1 Å². The molecular weight excluding hydrogens is 208 g/mol. The number of piperazine rings is 1. The van der Waals surface area contributed by atoms with Gasteiger partial charge in [0.25, 0.3) is 0 Å². The van der Waals surface area contributed by atoms with Gasteiger partial charge in [-0.2, -0.15) is 0 Å². The fraction of sp³-hybridized carbons (Fsp3) is 1.00. The monoisotopic (exact) mass is 238 g/mol. The van der Waals surface area contributed by atoms with E-state index in [1.54, 1.807) is 0 Å². The average Bonchev–Trinajstić information content (AvgIpc) is 2.37. The molecule has 0 N–H and O–H groups in total. The van der Waals surface area contributed by atoms with Crippen molar-refractivity contribution in [2.75, 3.05) is 19.6 Å². The molecule has 0 aromatic carbocycles. The fourth-order valence-electron chi connectivity index (χ4n) is 3.76. The van der Waals surface area contributed by atoms with Gasteiger partial charge < -0.3 is 0 Å². The van der Waals surface area contributed by atoms with Gasteiger partial charge in [-0.3, -0.25) is 9.80 Å². The Kier molecular flexibility index (Phi) is 4.14. The van der Waals surface area contributed by atoms with Crippen LogP contribution in [0.1, 0.15) is 59.8 Å². The summed E-state index contributed by atoms with van der Waals surface area (Å²) in [6, 6.07) is 1.58. The second-order valence-corrected chi connectivity index (χ2v) is 6.35. The van der Waals surface area contributed by atoms with Crippen molar-refractivity contribution in [1.29, 1.82) is 0 Å². The van der Waals surface area contributed by atoms with E-state index in [0.717, 1.165) is 12.1 Å². The van der Waals surface area contributed by atoms with Crippen LogP contribution in [0.25, 0.3) is 0 Å². The van der Waals surface area contributed by atoms with E-state index in [-0.39, 0.29) is 0 Å². The molecule has 0 amide bonds. The standard InChI is InChI=1S/C15H30N2/c1-5-15(4,6-2)17-12-14-9-7-8-10-16(14)11-13(17)3/h13-14H,5-12H2,1-4H3. The Morgan fingerprint density at radius 2 is 1.82 bits per heavy atom. The van der Waals surface area contributed by atoms with Crippen molar-refractivity contribution in [1.82, 2.24) is 9.80 Å². The van der Waals surface area contributed by atoms with Crippen LogP contribution in [-0.4, -0.2) is 47.1 Å². The van der Waals surface area contributed by atoms with Gasteiger partial charge >= 0.3 is 0 Å². The molecule has 0 aliphatic carbocycles. The molecule has 0 aromatic rings. The summed E-state index contributed by atoms with van der Waals surface area (Å²) in [4.78, 5) is 5.55. The molecule has 2 heterocycles. The Morgan fingerprint density at radius 3 is 2.47 bits per heavy atom. The van der Waals surface area contributed by atoms with E-state index < -0.39 is 0 Å². The van der Waals surface area contributed by atoms with E-state index in [9.17, 15) is 0 Å². The van der Waals surface area contributed by atoms with E-state index in [1.165, 1.54) is 51.7 Å². The molecule has 2 saturated heterocycles. The maximum atomic E-state index is 2.81. The van der Waals surface area contributed by atoms with E-state index in [4.69, 9.17) is 0 Å². The molecule has 2 unspecified atom stereocenters. The van der Waals surface area contributed by atoms with Crippen LogP contribution in [-0.2, 0) is 0 Å². The van der Waals surface area contributed by atoms with Crippen molar-refractivity contribution in [2.24, 2.45) is 0 Å². The quantitative estimate of drug-likeness (QED) is 0.745. The lowest BCUT2D eigenvalue weighted by Crippen LogP contribution is -2.64. The smallest absolute Gasteiger partial charge is 0.0224 e. The highest BCUT2D eigenvalue weighted by Gasteiger charge is 2.39. The third kappa shape index (κ3) is 2.53. The van der Waals surface area contributed by atoms with Crippen molar-refractivity contribution < 1.29 is 0 Å². The maximum absolute atomic E-state index is 2.81. The van der Waals surface area contributed by atoms with Crippen LogP contribution < -0.4 is 0 Å². The van der Waals surface area contributed by atoms with Crippen molar-refractivity contribution in [3.05, 3.63) is 0 Å². The minimum Gasteiger partial charge on any atom is -0.298 e. The molecule has 0 aromatic heterocycles. The normalized spacial score (nSPS) is 32.5. The van der Waals surface area contributed by atoms with Crippen LogP contribution in [0.4, 0.5) is 0 Å². The summed E-state index contributed by atoms with van der Waals surface area (Å²) in [6.07, 6.45) is 6.84. The van der Waals surface area contributed by atoms with Crippen molar-refractivity contribution in [3.63, 3.8) is 0 Å². The fourth-order valence-corrected chi connectivity index (χ4v) is 3.76. The molecule has 2 nitrogen and oxygen atoms in total. The lowest BCUT2D eigenvalue weighted by Gasteiger charge is -2.54. The lowest BCUT2D eigenvalue weighted by atomic mass is 9.87. The molecule has 2 rings (SSSR count). The molecule has 100 valence electrons. The summed E-state index contributed by atoms with van der Waals surface area (Å²) in [5.41, 5.74) is 0.420. The second-order valence-electron chi connectivity index (χ2n) is 6.35. The summed E-state index contributed by atoms with van der Waals surface area (Å²) in [7, 11) is 0. The molecule has 2 heteroatoms. The summed E-state index contributed by atoms with van der Waals surface area (Å²) in [6.45, 7) is 13.5. The summed E-state index contributed by atoms with van der Waals surface area (Å²) >= 11 is 0. The zero-order valence-corrected chi connectivity index (χ0v) is 12.2. The molecule has 0 bridgehead atoms. The van der Waals surface area contributed by atoms with Gasteiger partial charge in [-0.15, -0.1) is 0 Å². The highest BCUT2D eigenvalue weighted by molar-refractivity contribution is 4.96. The number of rotatable bonds is 3. The van der Waals surface area contributed by atoms with Crippen LogP contribution in [0.2, 0.25) is 0 Å². The predicted molar refractivity (Wildman–Crippen MR) is 74.4 cm³/mol. The predicted octanol–water partition coefficient (Wildman–Crippen LogP) is 3.12. The molecule has 0 spiro atoms. The first-order chi connectivity index (χ1) is 8.10. The summed E-state index contributed by atoms with van der Waals surface area (Å²) in [5, 5.41) is 0. The SMILES string of the molecule is CCC(C)(CC)N1CC2CCCCN2CC1C. The Balaban J connectivity index is 2.08. The van der Waals surface area contributed by atoms with E-state index in [1.807, 2.05) is 0 Å². The zero-order chi connectivity index (χ0) is 12.5. The number of piperidine rings is 1. The first-order valence-electron chi connectivity index (χ1n) is 7.61. The van der Waals surface area contributed by atoms with Crippen LogP contribution in [0.15, 0.2) is 0 Å². The van der Waals surface area contributed by atoms with Crippen LogP contribution >= 0.6 is 0 Å². The van der Waals surface area contributed by atoms with Gasteiger partial charge in [-0.1, -0.05) is 20.3 Å². The number of fused-ring (bicyclic) bond motifs is 1. The van der Waals surface area contributed by atoms with Crippen LogP contribution in [0.5, 0.6) is 0 Å². The van der Waals surface area contributed by atoms with E-state index in [0.29, 0.717) is 5.54 Å². The minimum absolute atomic E-state index is 0.420. The number of hydrogen-bond donors (Lipinski definition) is 0. The van der Waals surface area contributed by atoms with Gasteiger partial charge in [0, 0.05) is 30.7 Å². The highest BCUT2D eigenvalue weighted by Crippen LogP contribution is 2.32. The molecule has 2 aliphatic heterocycles. The molecule has 17 heavy (non-hydrogen) atoms. The van der Waals surface area contributed by atoms with Gasteiger partial charge in [-0.25, -0.2) is 0 Å². The van der Waals surface area contributed by atoms with Gasteiger partial charge in [0.2, 0.25) is 0 Å². The molecule has 2 fully saturated rings. The first kappa shape index (κ1) is 13.4. The highest BCUT2D eigenvalue weighted by atomic mass is 15.3. The summed E-state index contributed by atoms with van der Waals surface area (Å²) in [5.74, 6) is 0. The number of nitrogens with zero attached hydrogens (tertiary/aromatic N) is 2. The lowest BCUT2D eigenvalue weighted by molar-refractivity contribution is -0.0447. The Labute approximate surface area is 107 Å². The summed E-state index contributed by atoms with van der Waals surface area (Å²) < 4.78 is 0. The van der Waals surface area contributed by atoms with Gasteiger partial charge in [0.1, 0.15) is 0 Å². The topological polar surface area (TPSA) is 6.48 Å². The zero-order valence-electron chi connectivity index (χ0n) is 12.2. The van der Waals surface area contributed by atoms with Crippen molar-refractivity contribution in [3.8, 4) is 0 Å². The van der Waals surface area contributed by atoms with E-state index in [2.05, 4.69) is 37.5 Å². The van der Waals surface area contributed by atoms with Crippen LogP contribution in [0.3, 0.4) is 0 Å². The first-order valence-corrected chi connectivity index (χ1v) is 7.61. The van der Waals surface area contributed by atoms with Crippen molar-refractivity contribution >= 4 is 0 Å². The maximum Gasteiger partial charge on any atom is 0.0224 e. The van der Waals surface area contributed by atoms with Gasteiger partial charge in [0.15, 0.2) is 0 Å². The Hall–Kier alpha value is -0.0800. The molecule has 2 aliphatic rings. The average molecular weight is 238 g/mol. The molecule has 2 atom stereocenters. The Morgan fingerprint density at radius 1 is 1.12 bits per heavy atom. The van der Waals surface area contributed by atoms with E-state index >= 15 is 0 Å². The third-order valence-electron chi connectivity index (χ3n) is 5.40. The molecular formula is C15H30N2. The molecule has 0 radical (unpaired) electrons. The van der Waals surface area contributed by atoms with Crippen molar-refractivity contribution in [2.45, 2.75) is 77.4 Å². The number of hydrogen-bond acceptors (Lipinski definition) is 2. The van der Waals surface area contributed by atoms with Gasteiger partial charge in [0.05, 0.1) is 0 Å². The largest absolute Gasteiger partial charge is 0.298 e.